The molecule has 2 N–H and O–H groups in total. The molecule has 0 saturated carbocycles. The molecule has 1 aromatic heterocycles. The number of hydrogen-bond acceptors (Lipinski definition) is 4. The first-order valence-corrected chi connectivity index (χ1v) is 6.06. The van der Waals surface area contributed by atoms with Gasteiger partial charge in [0.05, 0.1) is 5.01 Å². The van der Waals surface area contributed by atoms with Crippen LogP contribution in [0.4, 0.5) is 0 Å². The lowest BCUT2D eigenvalue weighted by Gasteiger charge is -2.01. The molecule has 1 amide bonds. The monoisotopic (exact) mass is 254 g/mol. The lowest BCUT2D eigenvalue weighted by Crippen LogP contribution is -2.25. The molecule has 0 fully saturated rings. The second-order valence-electron chi connectivity index (χ2n) is 3.36. The molecule has 0 aliphatic carbocycles. The van der Waals surface area contributed by atoms with Crippen LogP contribution >= 0.6 is 11.3 Å². The quantitative estimate of drug-likeness (QED) is 0.722. The van der Waals surface area contributed by atoms with Gasteiger partial charge in [0.25, 0.3) is 0 Å². The van der Waals surface area contributed by atoms with Gasteiger partial charge in [0.1, 0.15) is 0 Å². The number of nitrogens with zero attached hydrogens (tertiary/aromatic N) is 1. The molecular formula is C11H14N2O3S. The third-order valence-corrected chi connectivity index (χ3v) is 2.92. The van der Waals surface area contributed by atoms with Crippen LogP contribution in [0.5, 0.6) is 0 Å². The number of carbonyl (C=O) groups excluding carboxylic acids is 1. The Bertz CT molecular complexity index is 415. The van der Waals surface area contributed by atoms with E-state index in [2.05, 4.69) is 16.9 Å². The molecule has 5 nitrogen and oxygen atoms in total. The van der Waals surface area contributed by atoms with Crippen molar-refractivity contribution in [3.8, 4) is 0 Å². The molecule has 92 valence electrons. The largest absolute Gasteiger partial charge is 0.476 e. The van der Waals surface area contributed by atoms with Crippen LogP contribution in [0.15, 0.2) is 18.0 Å². The Kier molecular flexibility index (Phi) is 5.35. The Morgan fingerprint density at radius 3 is 2.94 bits per heavy atom. The normalized spacial score (nSPS) is 9.88. The summed E-state index contributed by atoms with van der Waals surface area (Å²) in [5.74, 6) is -1.05. The second-order valence-corrected chi connectivity index (χ2v) is 4.30. The van der Waals surface area contributed by atoms with Crippen molar-refractivity contribution in [1.29, 1.82) is 0 Å². The van der Waals surface area contributed by atoms with Gasteiger partial charge in [0.2, 0.25) is 5.91 Å². The van der Waals surface area contributed by atoms with Gasteiger partial charge < -0.3 is 10.4 Å². The van der Waals surface area contributed by atoms with E-state index in [0.29, 0.717) is 30.8 Å². The van der Waals surface area contributed by atoms with Gasteiger partial charge in [-0.15, -0.1) is 17.9 Å². The number of carboxylic acids is 1. The van der Waals surface area contributed by atoms with Crippen molar-refractivity contribution < 1.29 is 14.7 Å². The number of thiazole rings is 1. The molecule has 0 aromatic carbocycles. The zero-order chi connectivity index (χ0) is 12.7. The Balaban J connectivity index is 2.28. The summed E-state index contributed by atoms with van der Waals surface area (Å²) >= 11 is 1.29. The highest BCUT2D eigenvalue weighted by atomic mass is 32.1. The van der Waals surface area contributed by atoms with E-state index in [1.807, 2.05) is 0 Å². The third kappa shape index (κ3) is 4.78. The van der Waals surface area contributed by atoms with Crippen LogP contribution in [0, 0.1) is 0 Å². The molecule has 0 radical (unpaired) electrons. The lowest BCUT2D eigenvalue weighted by molar-refractivity contribution is -0.120. The van der Waals surface area contributed by atoms with Gasteiger partial charge in [-0.3, -0.25) is 4.79 Å². The van der Waals surface area contributed by atoms with Gasteiger partial charge in [0.15, 0.2) is 5.69 Å². The van der Waals surface area contributed by atoms with Crippen molar-refractivity contribution in [2.45, 2.75) is 19.3 Å². The number of aromatic nitrogens is 1. The summed E-state index contributed by atoms with van der Waals surface area (Å²) < 4.78 is 0. The van der Waals surface area contributed by atoms with Crippen LogP contribution in [-0.4, -0.2) is 28.5 Å². The molecule has 0 saturated heterocycles. The fraction of sp³-hybridized carbons (Fsp3) is 0.364. The van der Waals surface area contributed by atoms with Crippen molar-refractivity contribution in [3.63, 3.8) is 0 Å². The second kappa shape index (κ2) is 6.80. The number of carbonyl (C=O) groups is 2. The van der Waals surface area contributed by atoms with E-state index >= 15 is 0 Å². The van der Waals surface area contributed by atoms with Crippen LogP contribution in [0.25, 0.3) is 0 Å². The predicted molar refractivity (Wildman–Crippen MR) is 65.2 cm³/mol. The molecule has 0 bridgehead atoms. The van der Waals surface area contributed by atoms with Gasteiger partial charge in [-0.2, -0.15) is 0 Å². The van der Waals surface area contributed by atoms with E-state index in [0.717, 1.165) is 0 Å². The van der Waals surface area contributed by atoms with Crippen molar-refractivity contribution >= 4 is 23.2 Å². The van der Waals surface area contributed by atoms with E-state index in [1.165, 1.54) is 16.7 Å². The van der Waals surface area contributed by atoms with Crippen LogP contribution in [0.3, 0.4) is 0 Å². The summed E-state index contributed by atoms with van der Waals surface area (Å²) in [4.78, 5) is 25.7. The molecule has 1 rings (SSSR count). The van der Waals surface area contributed by atoms with Gasteiger partial charge in [-0.25, -0.2) is 9.78 Å². The molecule has 0 unspecified atom stereocenters. The summed E-state index contributed by atoms with van der Waals surface area (Å²) in [6, 6.07) is 0. The topological polar surface area (TPSA) is 79.3 Å². The minimum absolute atomic E-state index is 0.0279. The summed E-state index contributed by atoms with van der Waals surface area (Å²) in [6.45, 7) is 4.01. The fourth-order valence-corrected chi connectivity index (χ4v) is 1.93. The standard InChI is InChI=1S/C11H14N2O3S/c1-2-3-4-9(14)12-6-5-10-13-8(7-17-10)11(15)16/h2,7H,1,3-6H2,(H,12,14)(H,15,16). The highest BCUT2D eigenvalue weighted by Gasteiger charge is 2.08. The molecule has 1 heterocycles. The maximum atomic E-state index is 11.2. The highest BCUT2D eigenvalue weighted by Crippen LogP contribution is 2.09. The van der Waals surface area contributed by atoms with Crippen molar-refractivity contribution in [2.75, 3.05) is 6.54 Å². The number of rotatable bonds is 7. The van der Waals surface area contributed by atoms with E-state index < -0.39 is 5.97 Å². The number of nitrogens with one attached hydrogen (secondary N) is 1. The summed E-state index contributed by atoms with van der Waals surface area (Å²) in [7, 11) is 0. The first kappa shape index (κ1) is 13.4. The minimum Gasteiger partial charge on any atom is -0.476 e. The van der Waals surface area contributed by atoms with E-state index in [-0.39, 0.29) is 11.6 Å². The maximum Gasteiger partial charge on any atom is 0.355 e. The van der Waals surface area contributed by atoms with Gasteiger partial charge >= 0.3 is 5.97 Å². The zero-order valence-electron chi connectivity index (χ0n) is 9.31. The molecule has 0 atom stereocenters. The Morgan fingerprint density at radius 1 is 1.59 bits per heavy atom. The summed E-state index contributed by atoms with van der Waals surface area (Å²) in [5.41, 5.74) is 0.0583. The van der Waals surface area contributed by atoms with Crippen LogP contribution < -0.4 is 5.32 Å². The molecule has 17 heavy (non-hydrogen) atoms. The van der Waals surface area contributed by atoms with E-state index in [9.17, 15) is 9.59 Å². The van der Waals surface area contributed by atoms with Crippen molar-refractivity contribution in [1.82, 2.24) is 10.3 Å². The molecule has 6 heteroatoms. The Hall–Kier alpha value is -1.69. The van der Waals surface area contributed by atoms with E-state index in [4.69, 9.17) is 5.11 Å². The predicted octanol–water partition coefficient (Wildman–Crippen LogP) is 1.47. The average Bonchev–Trinajstić information content (AvgIpc) is 2.75. The van der Waals surface area contributed by atoms with Gasteiger partial charge in [0, 0.05) is 24.8 Å². The third-order valence-electron chi connectivity index (χ3n) is 2.01. The smallest absolute Gasteiger partial charge is 0.355 e. The number of hydrogen-bond donors (Lipinski definition) is 2. The van der Waals surface area contributed by atoms with Crippen LogP contribution in [0.2, 0.25) is 0 Å². The Morgan fingerprint density at radius 2 is 2.35 bits per heavy atom. The van der Waals surface area contributed by atoms with E-state index in [1.54, 1.807) is 6.08 Å². The van der Waals surface area contributed by atoms with Gasteiger partial charge in [-0.1, -0.05) is 6.08 Å². The first-order chi connectivity index (χ1) is 8.13. The molecule has 0 spiro atoms. The summed E-state index contributed by atoms with van der Waals surface area (Å²) in [5, 5.41) is 13.6. The van der Waals surface area contributed by atoms with Crippen molar-refractivity contribution in [3.05, 3.63) is 28.7 Å². The van der Waals surface area contributed by atoms with Crippen molar-refractivity contribution in [2.24, 2.45) is 0 Å². The maximum absolute atomic E-state index is 11.2. The molecule has 0 aliphatic rings. The number of carboxylic acid groups (broad SMARTS) is 1. The fourth-order valence-electron chi connectivity index (χ4n) is 1.15. The van der Waals surface area contributed by atoms with Crippen LogP contribution in [0.1, 0.15) is 28.3 Å². The zero-order valence-corrected chi connectivity index (χ0v) is 10.1. The summed E-state index contributed by atoms with van der Waals surface area (Å²) in [6.07, 6.45) is 3.34. The van der Waals surface area contributed by atoms with Gasteiger partial charge in [-0.05, 0) is 6.42 Å². The molecule has 1 aromatic rings. The number of allylic oxidation sites excluding steroid dienone is 1. The Labute approximate surface area is 103 Å². The lowest BCUT2D eigenvalue weighted by atomic mass is 10.3. The highest BCUT2D eigenvalue weighted by molar-refractivity contribution is 7.09. The first-order valence-electron chi connectivity index (χ1n) is 5.18. The number of amides is 1. The molecular weight excluding hydrogens is 240 g/mol. The molecule has 0 aliphatic heterocycles. The average molecular weight is 254 g/mol. The SMILES string of the molecule is C=CCCC(=O)NCCc1nc(C(=O)O)cs1. The minimum atomic E-state index is -1.03. The van der Waals surface area contributed by atoms with Crippen LogP contribution in [-0.2, 0) is 11.2 Å². The number of aromatic carboxylic acids is 1.